The molecule has 2 bridgehead atoms. The number of rotatable bonds is 6. The molecule has 0 aromatic carbocycles. The fourth-order valence-corrected chi connectivity index (χ4v) is 5.35. The molecule has 0 aliphatic heterocycles. The minimum absolute atomic E-state index is 0.0615. The molecule has 0 amide bonds. The van der Waals surface area contributed by atoms with Gasteiger partial charge in [0, 0.05) is 5.92 Å². The van der Waals surface area contributed by atoms with Crippen LogP contribution in [0.1, 0.15) is 92.4 Å². The van der Waals surface area contributed by atoms with Crippen LogP contribution in [0.5, 0.6) is 0 Å². The van der Waals surface area contributed by atoms with E-state index in [9.17, 15) is 9.59 Å². The average molecular weight is 379 g/mol. The van der Waals surface area contributed by atoms with Gasteiger partial charge < -0.3 is 9.47 Å². The van der Waals surface area contributed by atoms with E-state index in [1.165, 1.54) is 19.3 Å². The van der Waals surface area contributed by atoms with E-state index in [2.05, 4.69) is 13.8 Å². The molecule has 27 heavy (non-hydrogen) atoms. The maximum atomic E-state index is 13.0. The first kappa shape index (κ1) is 20.7. The van der Waals surface area contributed by atoms with Gasteiger partial charge in [0.25, 0.3) is 0 Å². The van der Waals surface area contributed by atoms with Crippen molar-refractivity contribution in [2.75, 3.05) is 0 Å². The number of esters is 2. The SMILES string of the molecule is CCC(C)(C)C(=O)OC1CC2CC(C(=O)OC(C)(C)C3CCCCC3)C1C2. The summed E-state index contributed by atoms with van der Waals surface area (Å²) in [5, 5.41) is 0. The molecule has 4 heteroatoms. The largest absolute Gasteiger partial charge is 0.462 e. The molecule has 154 valence electrons. The van der Waals surface area contributed by atoms with Crippen LogP contribution in [0.3, 0.4) is 0 Å². The number of hydrogen-bond acceptors (Lipinski definition) is 4. The lowest BCUT2D eigenvalue weighted by Crippen LogP contribution is -2.42. The topological polar surface area (TPSA) is 52.6 Å². The highest BCUT2D eigenvalue weighted by Gasteiger charge is 2.53. The van der Waals surface area contributed by atoms with Crippen molar-refractivity contribution in [2.24, 2.45) is 29.1 Å². The van der Waals surface area contributed by atoms with Gasteiger partial charge in [-0.15, -0.1) is 0 Å². The predicted octanol–water partition coefficient (Wildman–Crippen LogP) is 5.28. The molecule has 0 spiro atoms. The molecular formula is C23H38O4. The Kier molecular flexibility index (Phi) is 5.93. The van der Waals surface area contributed by atoms with E-state index < -0.39 is 11.0 Å². The Hall–Kier alpha value is -1.06. The Balaban J connectivity index is 1.60. The van der Waals surface area contributed by atoms with E-state index in [0.717, 1.165) is 38.5 Å². The molecule has 3 saturated carbocycles. The van der Waals surface area contributed by atoms with Crippen molar-refractivity contribution in [1.82, 2.24) is 0 Å². The average Bonchev–Trinajstić information content (AvgIpc) is 3.22. The first-order chi connectivity index (χ1) is 12.6. The zero-order chi connectivity index (χ0) is 19.8. The standard InChI is InChI=1S/C23H38O4/c1-6-22(2,3)21(25)26-19-14-15-12-17(19)18(13-15)20(24)27-23(4,5)16-10-8-7-9-11-16/h15-19H,6-14H2,1-5H3. The Morgan fingerprint density at radius 1 is 0.963 bits per heavy atom. The summed E-state index contributed by atoms with van der Waals surface area (Å²) in [6.07, 6.45) is 9.54. The molecule has 0 radical (unpaired) electrons. The molecule has 0 aromatic heterocycles. The lowest BCUT2D eigenvalue weighted by molar-refractivity contribution is -0.177. The molecule has 0 aromatic rings. The van der Waals surface area contributed by atoms with Crippen LogP contribution >= 0.6 is 0 Å². The zero-order valence-corrected chi connectivity index (χ0v) is 17.9. The van der Waals surface area contributed by atoms with E-state index in [1.807, 2.05) is 20.8 Å². The van der Waals surface area contributed by atoms with Crippen LogP contribution in [-0.2, 0) is 19.1 Å². The van der Waals surface area contributed by atoms with Gasteiger partial charge in [0.1, 0.15) is 11.7 Å². The number of ether oxygens (including phenoxy) is 2. The second-order valence-electron chi connectivity index (χ2n) is 10.4. The zero-order valence-electron chi connectivity index (χ0n) is 17.9. The van der Waals surface area contributed by atoms with Crippen LogP contribution in [0.2, 0.25) is 0 Å². The highest BCUT2D eigenvalue weighted by molar-refractivity contribution is 5.77. The van der Waals surface area contributed by atoms with Crippen LogP contribution in [0.4, 0.5) is 0 Å². The molecule has 3 rings (SSSR count). The van der Waals surface area contributed by atoms with Gasteiger partial charge in [0.2, 0.25) is 0 Å². The van der Waals surface area contributed by atoms with Gasteiger partial charge in [-0.2, -0.15) is 0 Å². The fraction of sp³-hybridized carbons (Fsp3) is 0.913. The summed E-state index contributed by atoms with van der Waals surface area (Å²) in [5.41, 5.74) is -0.851. The summed E-state index contributed by atoms with van der Waals surface area (Å²) < 4.78 is 12.0. The Morgan fingerprint density at radius 2 is 1.63 bits per heavy atom. The molecule has 0 heterocycles. The third-order valence-electron chi connectivity index (χ3n) is 7.70. The Morgan fingerprint density at radius 3 is 2.22 bits per heavy atom. The second kappa shape index (κ2) is 7.75. The Labute approximate surface area is 164 Å². The van der Waals surface area contributed by atoms with Crippen molar-refractivity contribution >= 4 is 11.9 Å². The van der Waals surface area contributed by atoms with Crippen molar-refractivity contribution in [3.8, 4) is 0 Å². The first-order valence-corrected chi connectivity index (χ1v) is 11.1. The van der Waals surface area contributed by atoms with Gasteiger partial charge in [-0.3, -0.25) is 9.59 Å². The minimum atomic E-state index is -0.458. The van der Waals surface area contributed by atoms with E-state index in [1.54, 1.807) is 0 Å². The number of carbonyl (C=O) groups excluding carboxylic acids is 2. The molecular weight excluding hydrogens is 340 g/mol. The van der Waals surface area contributed by atoms with Crippen LogP contribution in [0, 0.1) is 29.1 Å². The normalized spacial score (nSPS) is 31.7. The molecule has 4 atom stereocenters. The number of fused-ring (bicyclic) bond motifs is 2. The van der Waals surface area contributed by atoms with E-state index in [-0.39, 0.29) is 29.9 Å². The monoisotopic (exact) mass is 378 g/mol. The van der Waals surface area contributed by atoms with E-state index in [4.69, 9.17) is 9.47 Å². The summed E-state index contributed by atoms with van der Waals surface area (Å²) in [7, 11) is 0. The lowest BCUT2D eigenvalue weighted by Gasteiger charge is -2.38. The molecule has 3 aliphatic rings. The highest BCUT2D eigenvalue weighted by atomic mass is 16.6. The van der Waals surface area contributed by atoms with Crippen LogP contribution in [0.15, 0.2) is 0 Å². The highest BCUT2D eigenvalue weighted by Crippen LogP contribution is 2.51. The molecule has 3 aliphatic carbocycles. The summed E-state index contributed by atoms with van der Waals surface area (Å²) >= 11 is 0. The van der Waals surface area contributed by atoms with Crippen molar-refractivity contribution < 1.29 is 19.1 Å². The summed E-state index contributed by atoms with van der Waals surface area (Å²) in [6.45, 7) is 10.0. The predicted molar refractivity (Wildman–Crippen MR) is 105 cm³/mol. The molecule has 3 fully saturated rings. The van der Waals surface area contributed by atoms with Gasteiger partial charge in [0.05, 0.1) is 11.3 Å². The van der Waals surface area contributed by atoms with Crippen LogP contribution < -0.4 is 0 Å². The Bertz CT molecular complexity index is 559. The van der Waals surface area contributed by atoms with Gasteiger partial charge in [-0.1, -0.05) is 26.2 Å². The molecule has 0 N–H and O–H groups in total. The van der Waals surface area contributed by atoms with E-state index >= 15 is 0 Å². The number of hydrogen-bond donors (Lipinski definition) is 0. The molecule has 4 nitrogen and oxygen atoms in total. The summed E-state index contributed by atoms with van der Waals surface area (Å²) in [4.78, 5) is 25.5. The van der Waals surface area contributed by atoms with Crippen molar-refractivity contribution in [3.05, 3.63) is 0 Å². The smallest absolute Gasteiger partial charge is 0.311 e. The van der Waals surface area contributed by atoms with Gasteiger partial charge >= 0.3 is 11.9 Å². The van der Waals surface area contributed by atoms with Crippen molar-refractivity contribution in [3.63, 3.8) is 0 Å². The third-order valence-corrected chi connectivity index (χ3v) is 7.70. The first-order valence-electron chi connectivity index (χ1n) is 11.1. The third kappa shape index (κ3) is 4.35. The summed E-state index contributed by atoms with van der Waals surface area (Å²) in [6, 6.07) is 0. The maximum Gasteiger partial charge on any atom is 0.311 e. The summed E-state index contributed by atoms with van der Waals surface area (Å²) in [5.74, 6) is 0.807. The maximum absolute atomic E-state index is 13.0. The van der Waals surface area contributed by atoms with Gasteiger partial charge in [-0.05, 0) is 78.1 Å². The second-order valence-corrected chi connectivity index (χ2v) is 10.4. The van der Waals surface area contributed by atoms with Gasteiger partial charge in [-0.25, -0.2) is 0 Å². The quantitative estimate of drug-likeness (QED) is 0.590. The van der Waals surface area contributed by atoms with Crippen molar-refractivity contribution in [1.29, 1.82) is 0 Å². The van der Waals surface area contributed by atoms with Crippen LogP contribution in [-0.4, -0.2) is 23.6 Å². The van der Waals surface area contributed by atoms with Gasteiger partial charge in [0.15, 0.2) is 0 Å². The van der Waals surface area contributed by atoms with Crippen molar-refractivity contribution in [2.45, 2.75) is 104 Å². The van der Waals surface area contributed by atoms with Crippen LogP contribution in [0.25, 0.3) is 0 Å². The molecule has 4 unspecified atom stereocenters. The molecule has 0 saturated heterocycles. The number of carbonyl (C=O) groups is 2. The fourth-order valence-electron chi connectivity index (χ4n) is 5.35. The minimum Gasteiger partial charge on any atom is -0.462 e. The van der Waals surface area contributed by atoms with E-state index in [0.29, 0.717) is 11.8 Å². The lowest BCUT2D eigenvalue weighted by atomic mass is 9.78.